The lowest BCUT2D eigenvalue weighted by molar-refractivity contribution is -0.121. The highest BCUT2D eigenvalue weighted by Gasteiger charge is 2.48. The van der Waals surface area contributed by atoms with Crippen molar-refractivity contribution in [1.82, 2.24) is 30.8 Å². The van der Waals surface area contributed by atoms with E-state index in [1.165, 1.54) is 0 Å². The van der Waals surface area contributed by atoms with E-state index in [2.05, 4.69) is 36.1 Å². The zero-order valence-electron chi connectivity index (χ0n) is 26.9. The molecule has 3 aliphatic rings. The summed E-state index contributed by atoms with van der Waals surface area (Å²) in [5.41, 5.74) is 4.56. The second-order valence-electron chi connectivity index (χ2n) is 13.0. The minimum absolute atomic E-state index is 0.0343. The first-order valence-corrected chi connectivity index (χ1v) is 17.0. The summed E-state index contributed by atoms with van der Waals surface area (Å²) in [6, 6.07) is 14.9. The normalized spacial score (nSPS) is 18.3. The number of methoxy groups -OCH3 is 1. The van der Waals surface area contributed by atoms with E-state index in [0.717, 1.165) is 30.6 Å². The lowest BCUT2D eigenvalue weighted by atomic mass is 9.79. The Balaban J connectivity index is 1.07. The maximum atomic E-state index is 15.7. The summed E-state index contributed by atoms with van der Waals surface area (Å²) in [5, 5.41) is 13.1. The van der Waals surface area contributed by atoms with Crippen LogP contribution in [0.4, 0.5) is 15.9 Å². The summed E-state index contributed by atoms with van der Waals surface area (Å²) in [6.07, 6.45) is 5.17. The third kappa shape index (κ3) is 6.94. The van der Waals surface area contributed by atoms with Gasteiger partial charge < -0.3 is 26.0 Å². The molecule has 1 atom stereocenters. The number of rotatable bonds is 11. The van der Waals surface area contributed by atoms with Gasteiger partial charge in [0.15, 0.2) is 11.6 Å². The van der Waals surface area contributed by atoms with Gasteiger partial charge in [0, 0.05) is 104 Å². The molecular formula is C36H36Cl2FN7O3. The average Bonchev–Trinajstić information content (AvgIpc) is 3.69. The number of ether oxygens (including phenoxy) is 1. The predicted octanol–water partition coefficient (Wildman–Crippen LogP) is 5.70. The molecule has 49 heavy (non-hydrogen) atoms. The van der Waals surface area contributed by atoms with Gasteiger partial charge in [0.1, 0.15) is 5.75 Å². The van der Waals surface area contributed by atoms with Crippen molar-refractivity contribution in [2.75, 3.05) is 38.6 Å². The van der Waals surface area contributed by atoms with E-state index in [-0.39, 0.29) is 29.1 Å². The molecule has 0 unspecified atom stereocenters. The molecule has 0 radical (unpaired) electrons. The molecule has 0 bridgehead atoms. The molecule has 7 rings (SSSR count). The summed E-state index contributed by atoms with van der Waals surface area (Å²) in [4.78, 5) is 34.2. The van der Waals surface area contributed by atoms with E-state index in [9.17, 15) is 9.59 Å². The molecule has 2 amide bonds. The highest BCUT2D eigenvalue weighted by molar-refractivity contribution is 6.39. The van der Waals surface area contributed by atoms with Crippen molar-refractivity contribution in [2.24, 2.45) is 5.41 Å². The van der Waals surface area contributed by atoms with Gasteiger partial charge in [-0.1, -0.05) is 47.5 Å². The topological polar surface area (TPSA) is 121 Å². The van der Waals surface area contributed by atoms with E-state index in [0.29, 0.717) is 82.9 Å². The second-order valence-corrected chi connectivity index (χ2v) is 13.8. The Kier molecular flexibility index (Phi) is 9.43. The van der Waals surface area contributed by atoms with Crippen molar-refractivity contribution in [2.45, 2.75) is 38.4 Å². The van der Waals surface area contributed by atoms with Gasteiger partial charge in [0.2, 0.25) is 11.8 Å². The van der Waals surface area contributed by atoms with Gasteiger partial charge >= 0.3 is 0 Å². The Labute approximate surface area is 293 Å². The number of amides is 2. The van der Waals surface area contributed by atoms with E-state index >= 15 is 4.39 Å². The molecule has 3 saturated heterocycles. The molecule has 2 aromatic carbocycles. The van der Waals surface area contributed by atoms with Crippen LogP contribution in [0.5, 0.6) is 5.75 Å². The van der Waals surface area contributed by atoms with Gasteiger partial charge in [0.05, 0.1) is 28.5 Å². The van der Waals surface area contributed by atoms with Crippen molar-refractivity contribution in [3.63, 3.8) is 0 Å². The highest BCUT2D eigenvalue weighted by Crippen LogP contribution is 2.42. The molecule has 0 aliphatic carbocycles. The number of likely N-dealkylation sites (tertiary alicyclic amines) is 1. The van der Waals surface area contributed by atoms with Crippen LogP contribution in [-0.4, -0.2) is 66.0 Å². The van der Waals surface area contributed by atoms with Crippen molar-refractivity contribution in [1.29, 1.82) is 0 Å². The number of benzene rings is 2. The first kappa shape index (κ1) is 33.2. The van der Waals surface area contributed by atoms with Gasteiger partial charge in [-0.05, 0) is 30.7 Å². The number of halogens is 3. The largest absolute Gasteiger partial charge is 0.496 e. The fourth-order valence-electron chi connectivity index (χ4n) is 6.99. The smallest absolute Gasteiger partial charge is 0.220 e. The number of hydrogen-bond acceptors (Lipinski definition) is 8. The molecule has 13 heteroatoms. The fourth-order valence-corrected chi connectivity index (χ4v) is 7.59. The minimum atomic E-state index is -0.451. The fraction of sp³-hybridized carbons (Fsp3) is 0.333. The third-order valence-corrected chi connectivity index (χ3v) is 10.2. The molecule has 10 nitrogen and oxygen atoms in total. The standard InChI is InChI=1S/C36H36Cl2FN7O3/c1-49-28-13-21(5-6-22(28)15-40-16-24-7-8-29(47)44-24)34-32(38)26(10-12-41-34)25-3-2-4-27(31(25)37)45-35-33(39)23(9-11-42-35)17-46-19-36(20-46)14-30(48)43-18-36/h2-6,9-13,24,40H,7-8,14-20H2,1H3,(H,42,45)(H,43,48)(H,44,47)/t24-/m0/s1. The molecule has 5 heterocycles. The number of pyridine rings is 2. The summed E-state index contributed by atoms with van der Waals surface area (Å²) in [6.45, 7) is 3.84. The molecule has 3 fully saturated rings. The van der Waals surface area contributed by atoms with E-state index < -0.39 is 5.82 Å². The summed E-state index contributed by atoms with van der Waals surface area (Å²) >= 11 is 13.9. The Morgan fingerprint density at radius 3 is 2.59 bits per heavy atom. The van der Waals surface area contributed by atoms with Crippen molar-refractivity contribution < 1.29 is 18.7 Å². The van der Waals surface area contributed by atoms with Crippen LogP contribution in [0.15, 0.2) is 60.9 Å². The minimum Gasteiger partial charge on any atom is -0.496 e. The van der Waals surface area contributed by atoms with Crippen LogP contribution in [0.2, 0.25) is 10.0 Å². The van der Waals surface area contributed by atoms with E-state index in [1.807, 2.05) is 30.3 Å². The Morgan fingerprint density at radius 1 is 1.02 bits per heavy atom. The lowest BCUT2D eigenvalue weighted by Crippen LogP contribution is -2.56. The van der Waals surface area contributed by atoms with Crippen molar-refractivity contribution >= 4 is 46.5 Å². The summed E-state index contributed by atoms with van der Waals surface area (Å²) < 4.78 is 21.4. The first-order valence-electron chi connectivity index (χ1n) is 16.2. The highest BCUT2D eigenvalue weighted by atomic mass is 35.5. The van der Waals surface area contributed by atoms with Gasteiger partial charge in [-0.25, -0.2) is 9.37 Å². The van der Waals surface area contributed by atoms with Gasteiger partial charge in [-0.2, -0.15) is 0 Å². The molecule has 3 aliphatic heterocycles. The molecule has 0 saturated carbocycles. The van der Waals surface area contributed by atoms with Crippen molar-refractivity contribution in [3.8, 4) is 28.1 Å². The quantitative estimate of drug-likeness (QED) is 0.157. The van der Waals surface area contributed by atoms with Crippen LogP contribution < -0.4 is 26.0 Å². The zero-order chi connectivity index (χ0) is 34.1. The van der Waals surface area contributed by atoms with Crippen LogP contribution in [0, 0.1) is 11.2 Å². The SMILES string of the molecule is COc1cc(-c2nccc(-c3cccc(Nc4nccc(CN5CC6(CNC(=O)C6)C5)c4F)c3Cl)c2Cl)ccc1CNC[C@@H]1CCC(=O)N1. The Morgan fingerprint density at radius 2 is 1.84 bits per heavy atom. The van der Waals surface area contributed by atoms with Gasteiger partial charge in [-0.3, -0.25) is 19.5 Å². The molecule has 1 spiro atoms. The summed E-state index contributed by atoms with van der Waals surface area (Å²) in [7, 11) is 1.62. The molecule has 4 N–H and O–H groups in total. The number of carbonyl (C=O) groups excluding carboxylic acids is 2. The monoisotopic (exact) mass is 703 g/mol. The van der Waals surface area contributed by atoms with Crippen LogP contribution in [0.25, 0.3) is 22.4 Å². The van der Waals surface area contributed by atoms with Crippen LogP contribution in [-0.2, 0) is 22.7 Å². The maximum absolute atomic E-state index is 15.7. The molecule has 4 aromatic rings. The molecule has 2 aromatic heterocycles. The Bertz CT molecular complexity index is 1920. The van der Waals surface area contributed by atoms with Crippen LogP contribution in [0.1, 0.15) is 30.4 Å². The number of nitrogens with one attached hydrogen (secondary N) is 4. The third-order valence-electron chi connectivity index (χ3n) is 9.46. The number of aromatic nitrogens is 2. The first-order chi connectivity index (χ1) is 23.7. The van der Waals surface area contributed by atoms with Crippen molar-refractivity contribution in [3.05, 3.63) is 87.9 Å². The zero-order valence-corrected chi connectivity index (χ0v) is 28.4. The molecule has 254 valence electrons. The summed E-state index contributed by atoms with van der Waals surface area (Å²) in [5.74, 6) is 0.476. The average molecular weight is 705 g/mol. The van der Waals surface area contributed by atoms with E-state index in [4.69, 9.17) is 27.9 Å². The van der Waals surface area contributed by atoms with E-state index in [1.54, 1.807) is 37.7 Å². The van der Waals surface area contributed by atoms with Crippen LogP contribution in [0.3, 0.4) is 0 Å². The Hall–Kier alpha value is -4.29. The molecular weight excluding hydrogens is 668 g/mol. The number of carbonyl (C=O) groups is 2. The lowest BCUT2D eigenvalue weighted by Gasteiger charge is -2.47. The van der Waals surface area contributed by atoms with Gasteiger partial charge in [-0.15, -0.1) is 0 Å². The second kappa shape index (κ2) is 13.9. The maximum Gasteiger partial charge on any atom is 0.220 e. The number of hydrogen-bond donors (Lipinski definition) is 4. The van der Waals surface area contributed by atoms with Crippen LogP contribution >= 0.6 is 23.2 Å². The number of anilines is 2. The predicted molar refractivity (Wildman–Crippen MR) is 187 cm³/mol. The van der Waals surface area contributed by atoms with Gasteiger partial charge in [0.25, 0.3) is 0 Å². The number of nitrogens with zero attached hydrogens (tertiary/aromatic N) is 3.